The van der Waals surface area contributed by atoms with Crippen LogP contribution in [0.4, 0.5) is 0 Å². The number of hydrogen-bond donors (Lipinski definition) is 1. The van der Waals surface area contributed by atoms with Crippen LogP contribution < -0.4 is 9.47 Å². The predicted octanol–water partition coefficient (Wildman–Crippen LogP) is 5.88. The maximum Gasteiger partial charge on any atom is 0.132 e. The Morgan fingerprint density at radius 3 is 2.41 bits per heavy atom. The summed E-state index contributed by atoms with van der Waals surface area (Å²) < 4.78 is 11.6. The van der Waals surface area contributed by atoms with Gasteiger partial charge in [0.1, 0.15) is 18.1 Å². The minimum atomic E-state index is -0.506. The van der Waals surface area contributed by atoms with E-state index in [0.29, 0.717) is 25.4 Å². The average Bonchev–Trinajstić information content (AvgIpc) is 2.85. The summed E-state index contributed by atoms with van der Waals surface area (Å²) in [7, 11) is 0. The molecule has 5 nitrogen and oxygen atoms in total. The van der Waals surface area contributed by atoms with Crippen LogP contribution >= 0.6 is 0 Å². The number of unbranched alkanes of at least 4 members (excludes halogenated alkanes) is 2. The molecule has 5 heteroatoms. The number of nitrogens with zero attached hydrogens (tertiary/aromatic N) is 2. The highest BCUT2D eigenvalue weighted by Crippen LogP contribution is 2.24. The van der Waals surface area contributed by atoms with Crippen LogP contribution in [0.5, 0.6) is 11.5 Å². The number of para-hydroxylation sites is 3. The topological polar surface area (TPSA) is 64.5 Å². The summed E-state index contributed by atoms with van der Waals surface area (Å²) in [6, 6.07) is 25.3. The Morgan fingerprint density at radius 2 is 1.53 bits per heavy atom. The SMILES string of the molecule is OC(CCCCCOc1ccccc1)c1cccc(OCc2cnc3ccccc3n2)c1. The second-order valence-corrected chi connectivity index (χ2v) is 7.74. The molecule has 0 saturated heterocycles. The van der Waals surface area contributed by atoms with Crippen molar-refractivity contribution in [2.45, 2.75) is 38.4 Å². The highest BCUT2D eigenvalue weighted by Gasteiger charge is 2.09. The van der Waals surface area contributed by atoms with Crippen molar-refractivity contribution in [2.75, 3.05) is 6.61 Å². The summed E-state index contributed by atoms with van der Waals surface area (Å²) in [6.07, 6.45) is 4.87. The Labute approximate surface area is 188 Å². The summed E-state index contributed by atoms with van der Waals surface area (Å²) >= 11 is 0. The second-order valence-electron chi connectivity index (χ2n) is 7.74. The van der Waals surface area contributed by atoms with Crippen molar-refractivity contribution < 1.29 is 14.6 Å². The van der Waals surface area contributed by atoms with Gasteiger partial charge in [-0.3, -0.25) is 4.98 Å². The van der Waals surface area contributed by atoms with Gasteiger partial charge in [-0.05, 0) is 61.2 Å². The summed E-state index contributed by atoms with van der Waals surface area (Å²) in [6.45, 7) is 1.03. The first kappa shape index (κ1) is 21.8. The summed E-state index contributed by atoms with van der Waals surface area (Å²) in [5.41, 5.74) is 3.36. The van der Waals surface area contributed by atoms with Gasteiger partial charge in [-0.15, -0.1) is 0 Å². The van der Waals surface area contributed by atoms with E-state index >= 15 is 0 Å². The van der Waals surface area contributed by atoms with Crippen LogP contribution in [0.3, 0.4) is 0 Å². The van der Waals surface area contributed by atoms with Gasteiger partial charge in [-0.2, -0.15) is 0 Å². The van der Waals surface area contributed by atoms with Gasteiger partial charge in [0, 0.05) is 0 Å². The molecule has 1 atom stereocenters. The number of ether oxygens (including phenoxy) is 2. The fourth-order valence-corrected chi connectivity index (χ4v) is 3.52. The van der Waals surface area contributed by atoms with Crippen molar-refractivity contribution in [3.05, 3.63) is 96.3 Å². The lowest BCUT2D eigenvalue weighted by atomic mass is 10.0. The maximum absolute atomic E-state index is 10.6. The Kier molecular flexibility index (Phi) is 7.66. The molecule has 0 saturated carbocycles. The molecule has 0 bridgehead atoms. The first-order chi connectivity index (χ1) is 15.8. The molecule has 4 aromatic rings. The highest BCUT2D eigenvalue weighted by atomic mass is 16.5. The molecule has 0 amide bonds. The fourth-order valence-electron chi connectivity index (χ4n) is 3.52. The lowest BCUT2D eigenvalue weighted by Gasteiger charge is -2.13. The van der Waals surface area contributed by atoms with Gasteiger partial charge in [0.05, 0.1) is 35.6 Å². The van der Waals surface area contributed by atoms with E-state index in [1.807, 2.05) is 78.9 Å². The van der Waals surface area contributed by atoms with E-state index in [2.05, 4.69) is 9.97 Å². The molecule has 4 rings (SSSR count). The molecule has 0 aliphatic heterocycles. The standard InChI is InChI=1S/C27H28N2O3/c30-27(16-5-2-8-17-31-23-11-3-1-4-12-23)21-10-9-13-24(18-21)32-20-22-19-28-25-14-6-7-15-26(25)29-22/h1,3-4,6-7,9-15,18-19,27,30H,2,5,8,16-17,20H2. The summed E-state index contributed by atoms with van der Waals surface area (Å²) in [4.78, 5) is 9.00. The van der Waals surface area contributed by atoms with Crippen LogP contribution in [0.1, 0.15) is 43.0 Å². The molecule has 0 spiro atoms. The highest BCUT2D eigenvalue weighted by molar-refractivity contribution is 5.73. The zero-order valence-electron chi connectivity index (χ0n) is 18.1. The first-order valence-corrected chi connectivity index (χ1v) is 11.1. The molecule has 32 heavy (non-hydrogen) atoms. The fraction of sp³-hybridized carbons (Fsp3) is 0.259. The van der Waals surface area contributed by atoms with E-state index < -0.39 is 6.10 Å². The van der Waals surface area contributed by atoms with Crippen LogP contribution in [0.2, 0.25) is 0 Å². The lowest BCUT2D eigenvalue weighted by Crippen LogP contribution is -2.02. The second kappa shape index (κ2) is 11.3. The van der Waals surface area contributed by atoms with Crippen molar-refractivity contribution in [2.24, 2.45) is 0 Å². The van der Waals surface area contributed by atoms with Crippen LogP contribution in [0, 0.1) is 0 Å². The molecule has 1 N–H and O–H groups in total. The van der Waals surface area contributed by atoms with Gasteiger partial charge in [0.2, 0.25) is 0 Å². The number of fused-ring (bicyclic) bond motifs is 1. The van der Waals surface area contributed by atoms with Crippen molar-refractivity contribution in [3.63, 3.8) is 0 Å². The summed E-state index contributed by atoms with van der Waals surface area (Å²) in [5, 5.41) is 10.6. The van der Waals surface area contributed by atoms with Crippen molar-refractivity contribution >= 4 is 11.0 Å². The predicted molar refractivity (Wildman–Crippen MR) is 126 cm³/mol. The normalized spacial score (nSPS) is 11.9. The molecule has 1 heterocycles. The minimum absolute atomic E-state index is 0.332. The van der Waals surface area contributed by atoms with Gasteiger partial charge in [0.15, 0.2) is 0 Å². The number of rotatable bonds is 11. The van der Waals surface area contributed by atoms with Gasteiger partial charge >= 0.3 is 0 Å². The molecular weight excluding hydrogens is 400 g/mol. The van der Waals surface area contributed by atoms with Crippen molar-refractivity contribution in [1.29, 1.82) is 0 Å². The number of aliphatic hydroxyl groups is 1. The Morgan fingerprint density at radius 1 is 0.750 bits per heavy atom. The molecule has 1 aromatic heterocycles. The zero-order valence-corrected chi connectivity index (χ0v) is 18.1. The number of benzene rings is 3. The minimum Gasteiger partial charge on any atom is -0.494 e. The smallest absolute Gasteiger partial charge is 0.132 e. The number of aliphatic hydroxyl groups excluding tert-OH is 1. The third-order valence-electron chi connectivity index (χ3n) is 5.26. The molecule has 164 valence electrons. The third-order valence-corrected chi connectivity index (χ3v) is 5.26. The monoisotopic (exact) mass is 428 g/mol. The largest absolute Gasteiger partial charge is 0.494 e. The molecular formula is C27H28N2O3. The Bertz CT molecular complexity index is 1120. The van der Waals surface area contributed by atoms with Crippen LogP contribution in [0.25, 0.3) is 11.0 Å². The van der Waals surface area contributed by atoms with E-state index in [1.54, 1.807) is 6.20 Å². The van der Waals surface area contributed by atoms with Gasteiger partial charge < -0.3 is 14.6 Å². The Balaban J connectivity index is 1.21. The first-order valence-electron chi connectivity index (χ1n) is 11.1. The molecule has 0 aliphatic rings. The van der Waals surface area contributed by atoms with E-state index in [-0.39, 0.29) is 0 Å². The van der Waals surface area contributed by atoms with Crippen LogP contribution in [0.15, 0.2) is 85.1 Å². The molecule has 0 aliphatic carbocycles. The maximum atomic E-state index is 10.6. The Hall–Kier alpha value is -3.44. The van der Waals surface area contributed by atoms with Crippen LogP contribution in [-0.2, 0) is 6.61 Å². The van der Waals surface area contributed by atoms with Gasteiger partial charge in [-0.1, -0.05) is 48.9 Å². The molecule has 0 fully saturated rings. The lowest BCUT2D eigenvalue weighted by molar-refractivity contribution is 0.161. The number of aromatic nitrogens is 2. The van der Waals surface area contributed by atoms with Gasteiger partial charge in [-0.25, -0.2) is 4.98 Å². The quantitative estimate of drug-likeness (QED) is 0.302. The average molecular weight is 429 g/mol. The zero-order chi connectivity index (χ0) is 22.0. The van der Waals surface area contributed by atoms with Crippen molar-refractivity contribution in [1.82, 2.24) is 9.97 Å². The van der Waals surface area contributed by atoms with Crippen molar-refractivity contribution in [3.8, 4) is 11.5 Å². The molecule has 1 unspecified atom stereocenters. The molecule has 0 radical (unpaired) electrons. The van der Waals surface area contributed by atoms with Gasteiger partial charge in [0.25, 0.3) is 0 Å². The van der Waals surface area contributed by atoms with E-state index in [4.69, 9.17) is 9.47 Å². The third kappa shape index (κ3) is 6.28. The van der Waals surface area contributed by atoms with E-state index in [0.717, 1.165) is 47.3 Å². The molecule has 3 aromatic carbocycles. The van der Waals surface area contributed by atoms with E-state index in [1.165, 1.54) is 0 Å². The summed E-state index contributed by atoms with van der Waals surface area (Å²) in [5.74, 6) is 1.62. The van der Waals surface area contributed by atoms with E-state index in [9.17, 15) is 5.11 Å². The number of hydrogen-bond acceptors (Lipinski definition) is 5. The van der Waals surface area contributed by atoms with Crippen LogP contribution in [-0.4, -0.2) is 21.7 Å².